The molecule has 2 rings (SSSR count). The van der Waals surface area contributed by atoms with Crippen molar-refractivity contribution in [1.29, 1.82) is 0 Å². The highest BCUT2D eigenvalue weighted by Gasteiger charge is 2.15. The highest BCUT2D eigenvalue weighted by Crippen LogP contribution is 2.34. The standard InChI is InChI=1S/C15H13N3O4S/c1-10(19)16-17-15(20)9-7-11-6-8-14(23-11)12-4-2-3-5-13(12)18(21)22/h2-9H,1H3,(H,16,19)(H,17,20). The summed E-state index contributed by atoms with van der Waals surface area (Å²) in [6.45, 7) is 1.28. The summed E-state index contributed by atoms with van der Waals surface area (Å²) >= 11 is 1.33. The average molecular weight is 331 g/mol. The number of carbonyl (C=O) groups is 2. The van der Waals surface area contributed by atoms with E-state index in [9.17, 15) is 19.7 Å². The number of nitrogens with one attached hydrogen (secondary N) is 2. The predicted molar refractivity (Wildman–Crippen MR) is 87.4 cm³/mol. The lowest BCUT2D eigenvalue weighted by Crippen LogP contribution is -2.39. The monoisotopic (exact) mass is 331 g/mol. The van der Waals surface area contributed by atoms with Crippen LogP contribution in [0.3, 0.4) is 0 Å². The van der Waals surface area contributed by atoms with E-state index < -0.39 is 10.8 Å². The van der Waals surface area contributed by atoms with Crippen LogP contribution in [0, 0.1) is 10.1 Å². The van der Waals surface area contributed by atoms with Crippen LogP contribution in [0.25, 0.3) is 16.5 Å². The van der Waals surface area contributed by atoms with E-state index in [4.69, 9.17) is 0 Å². The summed E-state index contributed by atoms with van der Waals surface area (Å²) in [6, 6.07) is 10.0. The lowest BCUT2D eigenvalue weighted by atomic mass is 10.1. The van der Waals surface area contributed by atoms with Crippen molar-refractivity contribution in [2.75, 3.05) is 0 Å². The Bertz CT molecular complexity index is 783. The van der Waals surface area contributed by atoms with Gasteiger partial charge in [-0.3, -0.25) is 30.6 Å². The molecule has 0 radical (unpaired) electrons. The number of nitro benzene ring substituents is 1. The van der Waals surface area contributed by atoms with Gasteiger partial charge >= 0.3 is 0 Å². The van der Waals surface area contributed by atoms with Gasteiger partial charge in [-0.25, -0.2) is 0 Å². The van der Waals surface area contributed by atoms with Gasteiger partial charge < -0.3 is 0 Å². The Morgan fingerprint density at radius 1 is 1.17 bits per heavy atom. The summed E-state index contributed by atoms with van der Waals surface area (Å²) in [7, 11) is 0. The number of para-hydroxylation sites is 1. The molecule has 0 aliphatic heterocycles. The molecule has 23 heavy (non-hydrogen) atoms. The van der Waals surface area contributed by atoms with E-state index in [1.807, 2.05) is 0 Å². The molecular weight excluding hydrogens is 318 g/mol. The van der Waals surface area contributed by atoms with Crippen molar-refractivity contribution >= 4 is 34.9 Å². The van der Waals surface area contributed by atoms with Crippen LogP contribution in [0.1, 0.15) is 11.8 Å². The van der Waals surface area contributed by atoms with Gasteiger partial charge in [0.05, 0.1) is 10.5 Å². The zero-order valence-corrected chi connectivity index (χ0v) is 12.9. The summed E-state index contributed by atoms with van der Waals surface area (Å²) in [6.07, 6.45) is 2.84. The van der Waals surface area contributed by atoms with E-state index in [1.54, 1.807) is 36.4 Å². The topological polar surface area (TPSA) is 101 Å². The first-order chi connectivity index (χ1) is 11.0. The second-order valence-electron chi connectivity index (χ2n) is 4.48. The van der Waals surface area contributed by atoms with Crippen molar-refractivity contribution < 1.29 is 14.5 Å². The Hall–Kier alpha value is -3.00. The molecule has 2 N–H and O–H groups in total. The van der Waals surface area contributed by atoms with Crippen molar-refractivity contribution in [2.45, 2.75) is 6.92 Å². The van der Waals surface area contributed by atoms with Gasteiger partial charge in [0.15, 0.2) is 0 Å². The number of amides is 2. The Labute approximate surface area is 135 Å². The first-order valence-electron chi connectivity index (χ1n) is 6.55. The predicted octanol–water partition coefficient (Wildman–Crippen LogP) is 2.50. The molecule has 2 amide bonds. The third kappa shape index (κ3) is 4.48. The summed E-state index contributed by atoms with van der Waals surface area (Å²) in [5.74, 6) is -0.845. The molecule has 0 aliphatic carbocycles. The molecule has 1 aromatic carbocycles. The molecule has 0 spiro atoms. The fourth-order valence-electron chi connectivity index (χ4n) is 1.78. The first-order valence-corrected chi connectivity index (χ1v) is 7.37. The minimum Gasteiger partial charge on any atom is -0.274 e. The summed E-state index contributed by atoms with van der Waals surface area (Å²) in [5.41, 5.74) is 4.94. The fourth-order valence-corrected chi connectivity index (χ4v) is 2.72. The molecule has 0 saturated carbocycles. The van der Waals surface area contributed by atoms with Crippen LogP contribution in [0.15, 0.2) is 42.5 Å². The van der Waals surface area contributed by atoms with Crippen LogP contribution in [-0.4, -0.2) is 16.7 Å². The zero-order valence-electron chi connectivity index (χ0n) is 12.1. The fraction of sp³-hybridized carbons (Fsp3) is 0.0667. The zero-order chi connectivity index (χ0) is 16.8. The number of hydrogen-bond donors (Lipinski definition) is 2. The van der Waals surface area contributed by atoms with E-state index in [0.29, 0.717) is 5.56 Å². The smallest absolute Gasteiger partial charge is 0.274 e. The van der Waals surface area contributed by atoms with Gasteiger partial charge in [0.25, 0.3) is 11.6 Å². The van der Waals surface area contributed by atoms with Crippen molar-refractivity contribution in [1.82, 2.24) is 10.9 Å². The van der Waals surface area contributed by atoms with Crippen LogP contribution >= 0.6 is 11.3 Å². The molecule has 8 heteroatoms. The Balaban J connectivity index is 2.14. The number of nitrogens with zero attached hydrogens (tertiary/aromatic N) is 1. The normalized spacial score (nSPS) is 10.5. The van der Waals surface area contributed by atoms with E-state index in [2.05, 4.69) is 10.9 Å². The highest BCUT2D eigenvalue weighted by molar-refractivity contribution is 7.16. The van der Waals surface area contributed by atoms with Crippen LogP contribution in [-0.2, 0) is 9.59 Å². The largest absolute Gasteiger partial charge is 0.278 e. The third-order valence-electron chi connectivity index (χ3n) is 2.75. The molecule has 0 saturated heterocycles. The van der Waals surface area contributed by atoms with E-state index in [1.165, 1.54) is 30.4 Å². The van der Waals surface area contributed by atoms with Gasteiger partial charge in [0.1, 0.15) is 0 Å². The van der Waals surface area contributed by atoms with Crippen LogP contribution in [0.4, 0.5) is 5.69 Å². The molecule has 0 atom stereocenters. The average Bonchev–Trinajstić information content (AvgIpc) is 2.99. The molecule has 2 aromatic rings. The molecule has 0 aliphatic rings. The summed E-state index contributed by atoms with van der Waals surface area (Å²) in [4.78, 5) is 34.2. The molecule has 0 unspecified atom stereocenters. The molecular formula is C15H13N3O4S. The van der Waals surface area contributed by atoms with Crippen LogP contribution in [0.5, 0.6) is 0 Å². The van der Waals surface area contributed by atoms with E-state index in [-0.39, 0.29) is 11.6 Å². The maximum Gasteiger partial charge on any atom is 0.278 e. The number of hydrogen-bond acceptors (Lipinski definition) is 5. The SMILES string of the molecule is CC(=O)NNC(=O)C=Cc1ccc(-c2ccccc2[N+](=O)[O-])s1. The second-order valence-corrected chi connectivity index (χ2v) is 5.60. The Morgan fingerprint density at radius 3 is 2.61 bits per heavy atom. The molecule has 1 heterocycles. The number of thiophene rings is 1. The molecule has 1 aromatic heterocycles. The van der Waals surface area contributed by atoms with Crippen molar-refractivity contribution in [3.8, 4) is 10.4 Å². The third-order valence-corrected chi connectivity index (χ3v) is 3.84. The maximum atomic E-state index is 11.4. The summed E-state index contributed by atoms with van der Waals surface area (Å²) < 4.78 is 0. The minimum absolute atomic E-state index is 0.0354. The molecule has 118 valence electrons. The van der Waals surface area contributed by atoms with E-state index in [0.717, 1.165) is 9.75 Å². The van der Waals surface area contributed by atoms with Crippen molar-refractivity contribution in [3.63, 3.8) is 0 Å². The Morgan fingerprint density at radius 2 is 1.91 bits per heavy atom. The minimum atomic E-state index is -0.471. The summed E-state index contributed by atoms with van der Waals surface area (Å²) in [5, 5.41) is 11.1. The number of benzene rings is 1. The van der Waals surface area contributed by atoms with Gasteiger partial charge in [0, 0.05) is 28.8 Å². The van der Waals surface area contributed by atoms with Gasteiger partial charge in [-0.1, -0.05) is 12.1 Å². The van der Waals surface area contributed by atoms with Gasteiger partial charge in [-0.05, 0) is 24.3 Å². The van der Waals surface area contributed by atoms with Crippen LogP contribution in [0.2, 0.25) is 0 Å². The van der Waals surface area contributed by atoms with Crippen LogP contribution < -0.4 is 10.9 Å². The number of rotatable bonds is 4. The van der Waals surface area contributed by atoms with Gasteiger partial charge in [-0.15, -0.1) is 11.3 Å². The first kappa shape index (κ1) is 16.4. The van der Waals surface area contributed by atoms with Gasteiger partial charge in [-0.2, -0.15) is 0 Å². The van der Waals surface area contributed by atoms with Gasteiger partial charge in [0.2, 0.25) is 5.91 Å². The number of carbonyl (C=O) groups excluding carboxylic acids is 2. The molecule has 0 fully saturated rings. The lowest BCUT2D eigenvalue weighted by molar-refractivity contribution is -0.384. The van der Waals surface area contributed by atoms with Crippen molar-refractivity contribution in [3.05, 3.63) is 57.5 Å². The highest BCUT2D eigenvalue weighted by atomic mass is 32.1. The number of nitro groups is 1. The molecule has 0 bridgehead atoms. The second kappa shape index (κ2) is 7.32. The Kier molecular flexibility index (Phi) is 5.21. The lowest BCUT2D eigenvalue weighted by Gasteiger charge is -2.00. The quantitative estimate of drug-likeness (QED) is 0.510. The molecule has 7 nitrogen and oxygen atoms in total. The van der Waals surface area contributed by atoms with E-state index >= 15 is 0 Å². The van der Waals surface area contributed by atoms with Crippen molar-refractivity contribution in [2.24, 2.45) is 0 Å². The maximum absolute atomic E-state index is 11.4. The number of hydrazine groups is 1.